The number of esters is 1. The van der Waals surface area contributed by atoms with Crippen LogP contribution in [0, 0.1) is 6.92 Å². The lowest BCUT2D eigenvalue weighted by atomic mass is 10.1. The molecule has 0 aliphatic rings. The van der Waals surface area contributed by atoms with Gasteiger partial charge in [0.05, 0.1) is 12.3 Å². The van der Waals surface area contributed by atoms with E-state index < -0.39 is 23.8 Å². The standard InChI is InChI=1S/C25H23N5O4/c1-4-34-20(31)15-29-23(32)21-22(27(3)25(29)33)26-24-28(21)14-19(17-8-6-5-7-9-17)30(24)18-12-10-16(2)11-13-18/h5-14H,4,15H2,1-3H3. The van der Waals surface area contributed by atoms with Crippen LogP contribution < -0.4 is 11.2 Å². The minimum absolute atomic E-state index is 0.160. The number of rotatable bonds is 5. The molecule has 0 spiro atoms. The number of hydrogen-bond acceptors (Lipinski definition) is 5. The number of hydrogen-bond donors (Lipinski definition) is 0. The van der Waals surface area contributed by atoms with Gasteiger partial charge in [-0.25, -0.2) is 9.36 Å². The lowest BCUT2D eigenvalue weighted by Gasteiger charge is -2.09. The smallest absolute Gasteiger partial charge is 0.333 e. The maximum atomic E-state index is 13.4. The monoisotopic (exact) mass is 457 g/mol. The number of nitrogens with zero attached hydrogens (tertiary/aromatic N) is 5. The summed E-state index contributed by atoms with van der Waals surface area (Å²) in [7, 11) is 1.53. The van der Waals surface area contributed by atoms with Crippen molar-refractivity contribution >= 4 is 22.9 Å². The molecule has 0 aliphatic heterocycles. The van der Waals surface area contributed by atoms with E-state index in [0.29, 0.717) is 5.78 Å². The molecule has 3 heterocycles. The van der Waals surface area contributed by atoms with Crippen molar-refractivity contribution in [1.82, 2.24) is 23.1 Å². The third-order valence-electron chi connectivity index (χ3n) is 5.80. The highest BCUT2D eigenvalue weighted by molar-refractivity contribution is 5.80. The first-order chi connectivity index (χ1) is 16.4. The fourth-order valence-electron chi connectivity index (χ4n) is 4.13. The van der Waals surface area contributed by atoms with Crippen molar-refractivity contribution in [1.29, 1.82) is 0 Å². The molecule has 0 saturated heterocycles. The first-order valence-corrected chi connectivity index (χ1v) is 10.9. The molecule has 3 aromatic heterocycles. The van der Waals surface area contributed by atoms with Crippen molar-refractivity contribution in [3.05, 3.63) is 87.2 Å². The molecule has 0 amide bonds. The van der Waals surface area contributed by atoms with Crippen LogP contribution in [0.2, 0.25) is 0 Å². The molecule has 5 aromatic rings. The maximum Gasteiger partial charge on any atom is 0.333 e. The van der Waals surface area contributed by atoms with E-state index in [-0.39, 0.29) is 17.8 Å². The van der Waals surface area contributed by atoms with Gasteiger partial charge in [-0.3, -0.25) is 23.1 Å². The van der Waals surface area contributed by atoms with E-state index in [1.165, 1.54) is 11.6 Å². The second kappa shape index (κ2) is 8.18. The Morgan fingerprint density at radius 3 is 2.41 bits per heavy atom. The van der Waals surface area contributed by atoms with Gasteiger partial charge in [0.2, 0.25) is 5.78 Å². The molecule has 0 atom stereocenters. The van der Waals surface area contributed by atoms with Crippen LogP contribution in [0.25, 0.3) is 33.9 Å². The second-order valence-electron chi connectivity index (χ2n) is 8.04. The van der Waals surface area contributed by atoms with Crippen LogP contribution in [-0.4, -0.2) is 35.7 Å². The predicted octanol–water partition coefficient (Wildman–Crippen LogP) is 2.68. The summed E-state index contributed by atoms with van der Waals surface area (Å²) < 4.78 is 10.8. The Balaban J connectivity index is 1.86. The van der Waals surface area contributed by atoms with Gasteiger partial charge in [-0.15, -0.1) is 0 Å². The normalized spacial score (nSPS) is 11.4. The van der Waals surface area contributed by atoms with Gasteiger partial charge in [0, 0.05) is 24.5 Å². The van der Waals surface area contributed by atoms with Gasteiger partial charge in [0.25, 0.3) is 5.56 Å². The summed E-state index contributed by atoms with van der Waals surface area (Å²) in [6.07, 6.45) is 1.83. The number of aryl methyl sites for hydroxylation is 2. The van der Waals surface area contributed by atoms with Gasteiger partial charge < -0.3 is 4.74 Å². The first-order valence-electron chi connectivity index (χ1n) is 10.9. The molecule has 172 valence electrons. The maximum absolute atomic E-state index is 13.4. The highest BCUT2D eigenvalue weighted by Crippen LogP contribution is 2.28. The molecule has 9 heteroatoms. The molecular formula is C25H23N5O4. The number of ether oxygens (including phenoxy) is 1. The Morgan fingerprint density at radius 2 is 1.74 bits per heavy atom. The third kappa shape index (κ3) is 3.33. The zero-order valence-corrected chi connectivity index (χ0v) is 19.1. The highest BCUT2D eigenvalue weighted by atomic mass is 16.5. The predicted molar refractivity (Wildman–Crippen MR) is 128 cm³/mol. The molecule has 34 heavy (non-hydrogen) atoms. The molecule has 5 rings (SSSR count). The van der Waals surface area contributed by atoms with Crippen LogP contribution >= 0.6 is 0 Å². The number of carbonyl (C=O) groups is 1. The average Bonchev–Trinajstić information content (AvgIpc) is 3.38. The summed E-state index contributed by atoms with van der Waals surface area (Å²) in [5.41, 5.74) is 2.99. The number of imidazole rings is 2. The third-order valence-corrected chi connectivity index (χ3v) is 5.80. The lowest BCUT2D eigenvalue weighted by molar-refractivity contribution is -0.143. The van der Waals surface area contributed by atoms with E-state index in [1.54, 1.807) is 11.3 Å². The number of carbonyl (C=O) groups excluding carboxylic acids is 1. The van der Waals surface area contributed by atoms with Crippen molar-refractivity contribution < 1.29 is 9.53 Å². The van der Waals surface area contributed by atoms with Gasteiger partial charge in [-0.2, -0.15) is 4.98 Å². The topological polar surface area (TPSA) is 92.5 Å². The molecular weight excluding hydrogens is 434 g/mol. The quantitative estimate of drug-likeness (QED) is 0.379. The molecule has 0 fully saturated rings. The van der Waals surface area contributed by atoms with E-state index in [4.69, 9.17) is 9.72 Å². The summed E-state index contributed by atoms with van der Waals surface area (Å²) in [5, 5.41) is 0. The minimum atomic E-state index is -0.649. The van der Waals surface area contributed by atoms with Crippen LogP contribution in [0.4, 0.5) is 0 Å². The number of aromatic nitrogens is 5. The summed E-state index contributed by atoms with van der Waals surface area (Å²) in [5.74, 6) is -0.164. The zero-order valence-electron chi connectivity index (χ0n) is 19.1. The lowest BCUT2D eigenvalue weighted by Crippen LogP contribution is -2.41. The fraction of sp³-hybridized carbons (Fsp3) is 0.200. The summed E-state index contributed by atoms with van der Waals surface area (Å²) in [4.78, 5) is 43.1. The largest absolute Gasteiger partial charge is 0.465 e. The first kappa shape index (κ1) is 21.4. The van der Waals surface area contributed by atoms with Gasteiger partial charge in [0.1, 0.15) is 6.54 Å². The van der Waals surface area contributed by atoms with Gasteiger partial charge in [0.15, 0.2) is 11.2 Å². The molecule has 9 nitrogen and oxygen atoms in total. The molecule has 0 bridgehead atoms. The van der Waals surface area contributed by atoms with Crippen LogP contribution in [0.1, 0.15) is 12.5 Å². The van der Waals surface area contributed by atoms with Gasteiger partial charge in [-0.05, 0) is 26.0 Å². The van der Waals surface area contributed by atoms with Crippen molar-refractivity contribution in [2.24, 2.45) is 7.05 Å². The van der Waals surface area contributed by atoms with E-state index in [9.17, 15) is 14.4 Å². The second-order valence-corrected chi connectivity index (χ2v) is 8.04. The Bertz CT molecular complexity index is 1650. The number of fused-ring (bicyclic) bond motifs is 3. The number of benzene rings is 2. The highest BCUT2D eigenvalue weighted by Gasteiger charge is 2.23. The van der Waals surface area contributed by atoms with Crippen LogP contribution in [0.5, 0.6) is 0 Å². The Morgan fingerprint density at radius 1 is 1.03 bits per heavy atom. The molecule has 0 N–H and O–H groups in total. The molecule has 2 aromatic carbocycles. The molecule has 0 unspecified atom stereocenters. The van der Waals surface area contributed by atoms with Gasteiger partial charge in [-0.1, -0.05) is 48.0 Å². The minimum Gasteiger partial charge on any atom is -0.465 e. The van der Waals surface area contributed by atoms with Crippen LogP contribution in [0.15, 0.2) is 70.4 Å². The summed E-state index contributed by atoms with van der Waals surface area (Å²) in [6, 6.07) is 17.8. The van der Waals surface area contributed by atoms with Crippen molar-refractivity contribution in [2.75, 3.05) is 6.61 Å². The van der Waals surface area contributed by atoms with Crippen molar-refractivity contribution in [2.45, 2.75) is 20.4 Å². The Labute approximate surface area is 194 Å². The summed E-state index contributed by atoms with van der Waals surface area (Å²) >= 11 is 0. The van der Waals surface area contributed by atoms with E-state index in [0.717, 1.165) is 27.1 Å². The van der Waals surface area contributed by atoms with Crippen LogP contribution in [-0.2, 0) is 23.1 Å². The SMILES string of the molecule is CCOC(=O)Cn1c(=O)c2c(nc3n(-c4ccc(C)cc4)c(-c4ccccc4)cn23)n(C)c1=O. The zero-order chi connectivity index (χ0) is 24.0. The van der Waals surface area contributed by atoms with Crippen molar-refractivity contribution in [3.63, 3.8) is 0 Å². The van der Waals surface area contributed by atoms with Gasteiger partial charge >= 0.3 is 11.7 Å². The van der Waals surface area contributed by atoms with E-state index >= 15 is 0 Å². The van der Waals surface area contributed by atoms with Crippen LogP contribution in [0.3, 0.4) is 0 Å². The molecule has 0 aliphatic carbocycles. The molecule has 0 saturated carbocycles. The molecule has 0 radical (unpaired) electrons. The van der Waals surface area contributed by atoms with Crippen molar-refractivity contribution in [3.8, 4) is 16.9 Å². The van der Waals surface area contributed by atoms with E-state index in [1.807, 2.05) is 72.3 Å². The average molecular weight is 457 g/mol. The Hall–Kier alpha value is -4.40. The Kier molecular flexibility index (Phi) is 5.16. The summed E-state index contributed by atoms with van der Waals surface area (Å²) in [6.45, 7) is 3.37. The van der Waals surface area contributed by atoms with E-state index in [2.05, 4.69) is 0 Å². The fourth-order valence-corrected chi connectivity index (χ4v) is 4.13.